The van der Waals surface area contributed by atoms with Gasteiger partial charge in [0.25, 0.3) is 5.56 Å². The zero-order valence-electron chi connectivity index (χ0n) is 21.3. The van der Waals surface area contributed by atoms with Gasteiger partial charge in [-0.25, -0.2) is 9.78 Å². The van der Waals surface area contributed by atoms with Gasteiger partial charge in [0.15, 0.2) is 11.2 Å². The Labute approximate surface area is 205 Å². The highest BCUT2D eigenvalue weighted by atomic mass is 16.5. The Bertz CT molecular complexity index is 1120. The van der Waals surface area contributed by atoms with Crippen molar-refractivity contribution in [3.8, 4) is 0 Å². The number of nitrogens with one attached hydrogen (secondary N) is 1. The van der Waals surface area contributed by atoms with Crippen LogP contribution < -0.4 is 11.2 Å². The van der Waals surface area contributed by atoms with E-state index in [1.54, 1.807) is 16.4 Å². The third kappa shape index (κ3) is 6.41. The molecule has 1 fully saturated rings. The molecule has 2 aromatic heterocycles. The van der Waals surface area contributed by atoms with Crippen molar-refractivity contribution >= 4 is 23.0 Å². The van der Waals surface area contributed by atoms with E-state index < -0.39 is 11.2 Å². The van der Waals surface area contributed by atoms with E-state index in [4.69, 9.17) is 9.72 Å². The molecule has 1 aliphatic heterocycles. The van der Waals surface area contributed by atoms with Gasteiger partial charge >= 0.3 is 11.7 Å². The van der Waals surface area contributed by atoms with Crippen LogP contribution in [0.25, 0.3) is 11.2 Å². The lowest BCUT2D eigenvalue weighted by molar-refractivity contribution is -0.151. The lowest BCUT2D eigenvalue weighted by Crippen LogP contribution is -2.40. The lowest BCUT2D eigenvalue weighted by atomic mass is 9.96. The fourth-order valence-electron chi connectivity index (χ4n) is 4.69. The highest BCUT2D eigenvalue weighted by Crippen LogP contribution is 2.20. The number of H-pyrrole nitrogens is 1. The van der Waals surface area contributed by atoms with Crippen LogP contribution in [0.4, 0.5) is 0 Å². The second-order valence-corrected chi connectivity index (χ2v) is 9.23. The number of ether oxygens (including phenoxy) is 1. The molecule has 0 aliphatic carbocycles. The molecule has 0 bridgehead atoms. The Kier molecular flexibility index (Phi) is 9.68. The summed E-state index contributed by atoms with van der Waals surface area (Å²) in [6.07, 6.45) is 6.53. The molecule has 0 spiro atoms. The van der Waals surface area contributed by atoms with Gasteiger partial charge in [-0.15, -0.1) is 0 Å². The van der Waals surface area contributed by atoms with Crippen molar-refractivity contribution in [1.82, 2.24) is 24.0 Å². The number of amides is 1. The van der Waals surface area contributed by atoms with E-state index in [2.05, 4.69) is 11.9 Å². The van der Waals surface area contributed by atoms with Crippen molar-refractivity contribution in [2.45, 2.75) is 91.6 Å². The lowest BCUT2D eigenvalue weighted by Gasteiger charge is -2.31. The average molecular weight is 490 g/mol. The van der Waals surface area contributed by atoms with Gasteiger partial charge < -0.3 is 14.2 Å². The van der Waals surface area contributed by atoms with Crippen LogP contribution in [-0.4, -0.2) is 55.6 Å². The third-order valence-corrected chi connectivity index (χ3v) is 6.72. The molecule has 0 atom stereocenters. The summed E-state index contributed by atoms with van der Waals surface area (Å²) < 4.78 is 8.55. The summed E-state index contributed by atoms with van der Waals surface area (Å²) in [4.78, 5) is 59.1. The van der Waals surface area contributed by atoms with Crippen molar-refractivity contribution in [2.24, 2.45) is 5.92 Å². The number of fused-ring (bicyclic) bond motifs is 1. The Balaban J connectivity index is 1.78. The summed E-state index contributed by atoms with van der Waals surface area (Å²) in [6.45, 7) is 8.50. The maximum absolute atomic E-state index is 12.9. The van der Waals surface area contributed by atoms with Gasteiger partial charge in [-0.2, -0.15) is 0 Å². The largest absolute Gasteiger partial charge is 0.466 e. The first-order valence-electron chi connectivity index (χ1n) is 13.1. The fourth-order valence-corrected chi connectivity index (χ4v) is 4.69. The predicted molar refractivity (Wildman–Crippen MR) is 133 cm³/mol. The monoisotopic (exact) mass is 489 g/mol. The molecular formula is C25H39N5O5. The van der Waals surface area contributed by atoms with Gasteiger partial charge in [0.2, 0.25) is 5.91 Å². The number of carbonyl (C=O) groups is 2. The molecule has 1 saturated heterocycles. The van der Waals surface area contributed by atoms with Gasteiger partial charge in [-0.05, 0) is 32.6 Å². The standard InChI is InChI=1S/C25H39N5O5/c1-4-7-9-15-29-19(26-22-21(29)23(32)27-25(34)30(22)14-8-5-2)10-11-20(31)28-16-12-18(13-17-28)24(33)35-6-3/h18H,4-17H2,1-3H3,(H,27,32,34). The van der Waals surface area contributed by atoms with Crippen LogP contribution in [0.15, 0.2) is 9.59 Å². The molecule has 10 heteroatoms. The smallest absolute Gasteiger partial charge is 0.330 e. The van der Waals surface area contributed by atoms with Crippen LogP contribution in [0.3, 0.4) is 0 Å². The Morgan fingerprint density at radius 2 is 1.69 bits per heavy atom. The summed E-state index contributed by atoms with van der Waals surface area (Å²) in [5, 5.41) is 0. The van der Waals surface area contributed by atoms with Crippen molar-refractivity contribution in [3.05, 3.63) is 26.7 Å². The fraction of sp³-hybridized carbons (Fsp3) is 0.720. The highest BCUT2D eigenvalue weighted by molar-refractivity contribution is 5.78. The van der Waals surface area contributed by atoms with Gasteiger partial charge in [0.1, 0.15) is 5.82 Å². The van der Waals surface area contributed by atoms with Crippen molar-refractivity contribution in [2.75, 3.05) is 19.7 Å². The molecule has 0 radical (unpaired) electrons. The molecule has 2 aromatic rings. The first-order chi connectivity index (χ1) is 16.9. The van der Waals surface area contributed by atoms with E-state index >= 15 is 0 Å². The molecule has 0 aromatic carbocycles. The number of hydrogen-bond acceptors (Lipinski definition) is 6. The van der Waals surface area contributed by atoms with Crippen molar-refractivity contribution < 1.29 is 14.3 Å². The molecule has 3 rings (SSSR count). The summed E-state index contributed by atoms with van der Waals surface area (Å²) in [7, 11) is 0. The van der Waals surface area contributed by atoms with Crippen LogP contribution in [0, 0.1) is 5.92 Å². The highest BCUT2D eigenvalue weighted by Gasteiger charge is 2.28. The zero-order chi connectivity index (χ0) is 25.4. The second-order valence-electron chi connectivity index (χ2n) is 9.23. The quantitative estimate of drug-likeness (QED) is 0.362. The number of hydrogen-bond donors (Lipinski definition) is 1. The molecule has 3 heterocycles. The number of unbranched alkanes of at least 4 members (excludes halogenated alkanes) is 3. The number of esters is 1. The molecule has 10 nitrogen and oxygen atoms in total. The van der Waals surface area contributed by atoms with Gasteiger partial charge in [-0.3, -0.25) is 23.9 Å². The minimum Gasteiger partial charge on any atom is -0.466 e. The number of nitrogens with zero attached hydrogens (tertiary/aromatic N) is 4. The number of piperidine rings is 1. The maximum Gasteiger partial charge on any atom is 0.330 e. The van der Waals surface area contributed by atoms with Crippen LogP contribution in [-0.2, 0) is 33.8 Å². The maximum atomic E-state index is 12.9. The number of imidazole rings is 1. The third-order valence-electron chi connectivity index (χ3n) is 6.72. The molecule has 35 heavy (non-hydrogen) atoms. The van der Waals surface area contributed by atoms with Gasteiger partial charge in [-0.1, -0.05) is 33.1 Å². The number of aromatic amines is 1. The summed E-state index contributed by atoms with van der Waals surface area (Å²) in [6, 6.07) is 0. The number of aromatic nitrogens is 4. The number of rotatable bonds is 12. The summed E-state index contributed by atoms with van der Waals surface area (Å²) in [5.41, 5.74) is -0.0579. The van der Waals surface area contributed by atoms with Crippen molar-refractivity contribution in [3.63, 3.8) is 0 Å². The van der Waals surface area contributed by atoms with E-state index in [9.17, 15) is 19.2 Å². The zero-order valence-corrected chi connectivity index (χ0v) is 21.3. The second kappa shape index (κ2) is 12.7. The number of aryl methyl sites for hydroxylation is 3. The van der Waals surface area contributed by atoms with Crippen LogP contribution >= 0.6 is 0 Å². The minimum absolute atomic E-state index is 0.0109. The molecule has 1 aliphatic rings. The Morgan fingerprint density at radius 3 is 2.34 bits per heavy atom. The Morgan fingerprint density at radius 1 is 1.00 bits per heavy atom. The van der Waals surface area contributed by atoms with Crippen molar-refractivity contribution in [1.29, 1.82) is 0 Å². The molecule has 1 amide bonds. The first-order valence-corrected chi connectivity index (χ1v) is 13.1. The van der Waals surface area contributed by atoms with E-state index in [1.165, 1.54) is 0 Å². The van der Waals surface area contributed by atoms with Crippen LogP contribution in [0.2, 0.25) is 0 Å². The van der Waals surface area contributed by atoms with Crippen LogP contribution in [0.1, 0.15) is 78.0 Å². The van der Waals surface area contributed by atoms with E-state index in [1.807, 2.05) is 11.5 Å². The number of carbonyl (C=O) groups excluding carboxylic acids is 2. The Hall–Kier alpha value is -2.91. The molecule has 0 saturated carbocycles. The average Bonchev–Trinajstić information content (AvgIpc) is 3.21. The number of likely N-dealkylation sites (tertiary alicyclic amines) is 1. The SMILES string of the molecule is CCCCCn1c(CCC(=O)N2CCC(C(=O)OCC)CC2)nc2c1c(=O)[nH]c(=O)n2CCCC. The van der Waals surface area contributed by atoms with E-state index in [0.29, 0.717) is 69.0 Å². The minimum atomic E-state index is -0.443. The van der Waals surface area contributed by atoms with E-state index in [0.717, 1.165) is 32.1 Å². The predicted octanol–water partition coefficient (Wildman–Crippen LogP) is 2.61. The first kappa shape index (κ1) is 26.7. The molecule has 1 N–H and O–H groups in total. The van der Waals surface area contributed by atoms with Gasteiger partial charge in [0.05, 0.1) is 12.5 Å². The van der Waals surface area contributed by atoms with Crippen LogP contribution in [0.5, 0.6) is 0 Å². The summed E-state index contributed by atoms with van der Waals surface area (Å²) in [5.74, 6) is 0.344. The summed E-state index contributed by atoms with van der Waals surface area (Å²) >= 11 is 0. The molecular weight excluding hydrogens is 450 g/mol. The van der Waals surface area contributed by atoms with Gasteiger partial charge in [0, 0.05) is 39.0 Å². The molecule has 0 unspecified atom stereocenters. The topological polar surface area (TPSA) is 119 Å². The normalized spacial score (nSPS) is 14.5. The molecule has 194 valence electrons. The van der Waals surface area contributed by atoms with E-state index in [-0.39, 0.29) is 24.2 Å².